The molecule has 0 bridgehead atoms. The Bertz CT molecular complexity index is 277. The topological polar surface area (TPSA) is 20.2 Å². The fourth-order valence-corrected chi connectivity index (χ4v) is 1.91. The largest absolute Gasteiger partial charge is 0.392 e. The molecule has 0 aliphatic heterocycles. The number of aliphatic hydroxyl groups excluding tert-OH is 1. The summed E-state index contributed by atoms with van der Waals surface area (Å²) >= 11 is 0. The summed E-state index contributed by atoms with van der Waals surface area (Å²) in [5.74, 6) is 0. The van der Waals surface area contributed by atoms with Gasteiger partial charge >= 0.3 is 0 Å². The van der Waals surface area contributed by atoms with Gasteiger partial charge in [0.1, 0.15) is 0 Å². The molecule has 0 aromatic heterocycles. The zero-order chi connectivity index (χ0) is 10.6. The minimum absolute atomic E-state index is 0.177. The van der Waals surface area contributed by atoms with Gasteiger partial charge in [-0.1, -0.05) is 32.9 Å². The van der Waals surface area contributed by atoms with Gasteiger partial charge in [0.05, 0.1) is 6.61 Å². The van der Waals surface area contributed by atoms with Crippen LogP contribution in [0.4, 0.5) is 0 Å². The normalized spacial score (nSPS) is 10.6. The molecule has 1 heteroatoms. The molecule has 0 fully saturated rings. The fraction of sp³-hybridized carbons (Fsp3) is 0.538. The Labute approximate surface area is 86.8 Å². The molecule has 0 heterocycles. The highest BCUT2D eigenvalue weighted by molar-refractivity contribution is 5.39. The average Bonchev–Trinajstić information content (AvgIpc) is 2.26. The van der Waals surface area contributed by atoms with Crippen molar-refractivity contribution >= 4 is 0 Å². The molecule has 78 valence electrons. The molecular weight excluding hydrogens is 172 g/mol. The molecule has 1 N–H and O–H groups in total. The number of rotatable bonds is 4. The van der Waals surface area contributed by atoms with Gasteiger partial charge in [-0.05, 0) is 41.5 Å². The molecular formula is C13H20O. The van der Waals surface area contributed by atoms with E-state index in [1.807, 2.05) is 0 Å². The first kappa shape index (κ1) is 11.3. The molecule has 1 aromatic carbocycles. The maximum Gasteiger partial charge on any atom is 0.0687 e. The Kier molecular flexibility index (Phi) is 4.15. The number of aliphatic hydroxyl groups is 1. The summed E-state index contributed by atoms with van der Waals surface area (Å²) in [6.45, 7) is 6.64. The predicted octanol–water partition coefficient (Wildman–Crippen LogP) is 2.87. The van der Waals surface area contributed by atoms with Gasteiger partial charge in [-0.2, -0.15) is 0 Å². The van der Waals surface area contributed by atoms with Crippen LogP contribution in [-0.2, 0) is 25.9 Å². The summed E-state index contributed by atoms with van der Waals surface area (Å²) in [5, 5.41) is 9.33. The van der Waals surface area contributed by atoms with Crippen molar-refractivity contribution in [2.75, 3.05) is 0 Å². The zero-order valence-electron chi connectivity index (χ0n) is 9.43. The SMILES string of the molecule is CCc1cc(CC)c(CO)c(CC)c1. The summed E-state index contributed by atoms with van der Waals surface area (Å²) in [6, 6.07) is 4.45. The van der Waals surface area contributed by atoms with Gasteiger partial charge in [-0.25, -0.2) is 0 Å². The molecule has 0 atom stereocenters. The molecule has 0 unspecified atom stereocenters. The number of benzene rings is 1. The lowest BCUT2D eigenvalue weighted by Crippen LogP contribution is -2.01. The molecule has 1 aromatic rings. The summed E-state index contributed by atoms with van der Waals surface area (Å²) < 4.78 is 0. The molecule has 0 aliphatic carbocycles. The van der Waals surface area contributed by atoms with Crippen LogP contribution in [0.1, 0.15) is 43.0 Å². The second-order valence-corrected chi connectivity index (χ2v) is 3.61. The van der Waals surface area contributed by atoms with Gasteiger partial charge < -0.3 is 5.11 Å². The van der Waals surface area contributed by atoms with Crippen molar-refractivity contribution < 1.29 is 5.11 Å². The summed E-state index contributed by atoms with van der Waals surface area (Å²) in [6.07, 6.45) is 3.10. The van der Waals surface area contributed by atoms with Crippen LogP contribution in [0.2, 0.25) is 0 Å². The van der Waals surface area contributed by atoms with Crippen molar-refractivity contribution in [3.8, 4) is 0 Å². The van der Waals surface area contributed by atoms with Crippen LogP contribution in [0, 0.1) is 0 Å². The third-order valence-electron chi connectivity index (χ3n) is 2.82. The van der Waals surface area contributed by atoms with Gasteiger partial charge in [0.25, 0.3) is 0 Å². The second kappa shape index (κ2) is 5.16. The molecule has 1 nitrogen and oxygen atoms in total. The Balaban J connectivity index is 3.24. The summed E-state index contributed by atoms with van der Waals surface area (Å²) in [7, 11) is 0. The van der Waals surface area contributed by atoms with Crippen LogP contribution < -0.4 is 0 Å². The lowest BCUT2D eigenvalue weighted by Gasteiger charge is -2.13. The van der Waals surface area contributed by atoms with Crippen LogP contribution in [0.3, 0.4) is 0 Å². The van der Waals surface area contributed by atoms with E-state index in [2.05, 4.69) is 32.9 Å². The molecule has 14 heavy (non-hydrogen) atoms. The predicted molar refractivity (Wildman–Crippen MR) is 60.5 cm³/mol. The number of hydrogen-bond acceptors (Lipinski definition) is 1. The minimum Gasteiger partial charge on any atom is -0.392 e. The third-order valence-corrected chi connectivity index (χ3v) is 2.82. The van der Waals surface area contributed by atoms with E-state index >= 15 is 0 Å². The molecule has 1 rings (SSSR count). The molecule has 0 saturated carbocycles. The van der Waals surface area contributed by atoms with Gasteiger partial charge in [-0.15, -0.1) is 0 Å². The van der Waals surface area contributed by atoms with Crippen molar-refractivity contribution in [3.63, 3.8) is 0 Å². The van der Waals surface area contributed by atoms with Gasteiger partial charge in [-0.3, -0.25) is 0 Å². The van der Waals surface area contributed by atoms with Crippen LogP contribution >= 0.6 is 0 Å². The van der Waals surface area contributed by atoms with E-state index in [1.165, 1.54) is 16.7 Å². The van der Waals surface area contributed by atoms with E-state index in [0.717, 1.165) is 24.8 Å². The third kappa shape index (κ3) is 2.16. The van der Waals surface area contributed by atoms with E-state index in [-0.39, 0.29) is 6.61 Å². The Hall–Kier alpha value is -0.820. The van der Waals surface area contributed by atoms with Crippen molar-refractivity contribution in [1.82, 2.24) is 0 Å². The van der Waals surface area contributed by atoms with E-state index in [1.54, 1.807) is 0 Å². The standard InChI is InChI=1S/C13H20O/c1-4-10-7-11(5-2)13(9-14)12(6-3)8-10/h7-8,14H,4-6,9H2,1-3H3. The van der Waals surface area contributed by atoms with Crippen LogP contribution in [0.25, 0.3) is 0 Å². The van der Waals surface area contributed by atoms with E-state index in [0.29, 0.717) is 0 Å². The highest BCUT2D eigenvalue weighted by Gasteiger charge is 2.06. The summed E-state index contributed by atoms with van der Waals surface area (Å²) in [5.41, 5.74) is 5.15. The first-order valence-electron chi connectivity index (χ1n) is 5.51. The maximum absolute atomic E-state index is 9.33. The monoisotopic (exact) mass is 192 g/mol. The maximum atomic E-state index is 9.33. The molecule has 0 amide bonds. The van der Waals surface area contributed by atoms with Gasteiger partial charge in [0.2, 0.25) is 0 Å². The second-order valence-electron chi connectivity index (χ2n) is 3.61. The fourth-order valence-electron chi connectivity index (χ4n) is 1.91. The Morgan fingerprint density at radius 2 is 1.43 bits per heavy atom. The van der Waals surface area contributed by atoms with Crippen molar-refractivity contribution in [2.45, 2.75) is 46.6 Å². The van der Waals surface area contributed by atoms with E-state index in [9.17, 15) is 5.11 Å². The van der Waals surface area contributed by atoms with Gasteiger partial charge in [0, 0.05) is 0 Å². The summed E-state index contributed by atoms with van der Waals surface area (Å²) in [4.78, 5) is 0. The highest BCUT2D eigenvalue weighted by Crippen LogP contribution is 2.19. The first-order valence-corrected chi connectivity index (χ1v) is 5.51. The Morgan fingerprint density at radius 3 is 1.71 bits per heavy atom. The smallest absolute Gasteiger partial charge is 0.0687 e. The lowest BCUT2D eigenvalue weighted by molar-refractivity contribution is 0.279. The molecule has 0 radical (unpaired) electrons. The highest BCUT2D eigenvalue weighted by atomic mass is 16.3. The molecule has 0 saturated heterocycles. The lowest BCUT2D eigenvalue weighted by atomic mass is 9.94. The van der Waals surface area contributed by atoms with E-state index in [4.69, 9.17) is 0 Å². The van der Waals surface area contributed by atoms with Crippen LogP contribution in [0.15, 0.2) is 12.1 Å². The quantitative estimate of drug-likeness (QED) is 0.777. The number of aryl methyl sites for hydroxylation is 3. The average molecular weight is 192 g/mol. The molecule has 0 spiro atoms. The van der Waals surface area contributed by atoms with E-state index < -0.39 is 0 Å². The first-order chi connectivity index (χ1) is 6.76. The van der Waals surface area contributed by atoms with Crippen LogP contribution in [0.5, 0.6) is 0 Å². The Morgan fingerprint density at radius 1 is 0.929 bits per heavy atom. The van der Waals surface area contributed by atoms with Crippen molar-refractivity contribution in [1.29, 1.82) is 0 Å². The van der Waals surface area contributed by atoms with Crippen molar-refractivity contribution in [2.24, 2.45) is 0 Å². The zero-order valence-corrected chi connectivity index (χ0v) is 9.43. The molecule has 0 aliphatic rings. The minimum atomic E-state index is 0.177. The van der Waals surface area contributed by atoms with Crippen LogP contribution in [-0.4, -0.2) is 5.11 Å². The van der Waals surface area contributed by atoms with Gasteiger partial charge in [0.15, 0.2) is 0 Å². The van der Waals surface area contributed by atoms with Crippen molar-refractivity contribution in [3.05, 3.63) is 34.4 Å². The number of hydrogen-bond donors (Lipinski definition) is 1.